The molecule has 17 heavy (non-hydrogen) atoms. The lowest BCUT2D eigenvalue weighted by Gasteiger charge is -2.04. The Hall–Kier alpha value is -1.10. The number of hydrogen-bond donors (Lipinski definition) is 2. The molecule has 2 heterocycles. The van der Waals surface area contributed by atoms with E-state index in [0.717, 1.165) is 19.3 Å². The number of rotatable bonds is 1. The van der Waals surface area contributed by atoms with Gasteiger partial charge in [-0.1, -0.05) is 14.9 Å². The quantitative estimate of drug-likeness (QED) is 0.738. The summed E-state index contributed by atoms with van der Waals surface area (Å²) in [5.41, 5.74) is 0. The highest BCUT2D eigenvalue weighted by Crippen LogP contribution is 2.05. The predicted octanol–water partition coefficient (Wildman–Crippen LogP) is 1.54. The molecule has 2 amide bonds. The number of carbonyl (C=O) groups is 2. The van der Waals surface area contributed by atoms with Crippen molar-refractivity contribution in [3.8, 4) is 0 Å². The van der Waals surface area contributed by atoms with E-state index >= 15 is 0 Å². The van der Waals surface area contributed by atoms with Gasteiger partial charge in [0.25, 0.3) is 0 Å². The molecule has 2 aliphatic heterocycles. The fraction of sp³-hybridized carbons (Fsp3) is 0.833. The molecule has 2 aliphatic rings. The predicted molar refractivity (Wildman–Crippen MR) is 69.6 cm³/mol. The zero-order chi connectivity index (χ0) is 11.3. The largest absolute Gasteiger partial charge is 1.00 e. The molecule has 0 spiro atoms. The summed E-state index contributed by atoms with van der Waals surface area (Å²) in [6.45, 7) is 2.02. The Morgan fingerprint density at radius 1 is 1.12 bits per heavy atom. The fourth-order valence-corrected chi connectivity index (χ4v) is 1.53. The third kappa shape index (κ3) is 6.94. The maximum atomic E-state index is 10.4. The van der Waals surface area contributed by atoms with Crippen molar-refractivity contribution in [3.05, 3.63) is 0 Å². The lowest BCUT2D eigenvalue weighted by Crippen LogP contribution is -2.26. The SMILES string of the molecule is C.C.CC1CCC(=O)N1.COC1CCC(=O)N1.[H+]. The van der Waals surface area contributed by atoms with Gasteiger partial charge in [0.1, 0.15) is 6.23 Å². The van der Waals surface area contributed by atoms with Crippen molar-refractivity contribution in [3.63, 3.8) is 0 Å². The van der Waals surface area contributed by atoms with Gasteiger partial charge in [0.2, 0.25) is 11.8 Å². The van der Waals surface area contributed by atoms with Crippen LogP contribution >= 0.6 is 0 Å². The number of methoxy groups -OCH3 is 1. The monoisotopic (exact) mass is 247 g/mol. The van der Waals surface area contributed by atoms with E-state index in [1.165, 1.54) is 0 Å². The van der Waals surface area contributed by atoms with Crippen molar-refractivity contribution < 1.29 is 15.8 Å². The molecular weight excluding hydrogens is 220 g/mol. The number of carbonyl (C=O) groups excluding carboxylic acids is 2. The summed E-state index contributed by atoms with van der Waals surface area (Å²) >= 11 is 0. The van der Waals surface area contributed by atoms with Gasteiger partial charge < -0.3 is 15.4 Å². The van der Waals surface area contributed by atoms with Crippen LogP contribution in [0, 0.1) is 0 Å². The van der Waals surface area contributed by atoms with Crippen LogP contribution in [0.5, 0.6) is 0 Å². The molecular formula is C12H27N2O3+. The van der Waals surface area contributed by atoms with Gasteiger partial charge >= 0.3 is 1.43 Å². The van der Waals surface area contributed by atoms with Gasteiger partial charge in [0, 0.05) is 32.4 Å². The van der Waals surface area contributed by atoms with E-state index in [4.69, 9.17) is 4.74 Å². The first-order valence-electron chi connectivity index (χ1n) is 5.23. The number of amides is 2. The summed E-state index contributed by atoms with van der Waals surface area (Å²) in [4.78, 5) is 20.8. The average molecular weight is 247 g/mol. The lowest BCUT2D eigenvalue weighted by molar-refractivity contribution is -0.120. The highest BCUT2D eigenvalue weighted by molar-refractivity contribution is 5.78. The van der Waals surface area contributed by atoms with Crippen LogP contribution in [0.1, 0.15) is 48.9 Å². The van der Waals surface area contributed by atoms with Gasteiger partial charge in [-0.3, -0.25) is 9.59 Å². The third-order valence-corrected chi connectivity index (χ3v) is 2.45. The van der Waals surface area contributed by atoms with Crippen LogP contribution in [0.2, 0.25) is 0 Å². The molecule has 2 unspecified atom stereocenters. The van der Waals surface area contributed by atoms with Crippen LogP contribution in [0.15, 0.2) is 0 Å². The highest BCUT2D eigenvalue weighted by atomic mass is 16.5. The Kier molecular flexibility index (Phi) is 9.66. The molecule has 102 valence electrons. The van der Waals surface area contributed by atoms with Crippen LogP contribution in [0.3, 0.4) is 0 Å². The Morgan fingerprint density at radius 3 is 1.82 bits per heavy atom. The van der Waals surface area contributed by atoms with Gasteiger partial charge in [0.15, 0.2) is 0 Å². The van der Waals surface area contributed by atoms with Gasteiger partial charge in [-0.2, -0.15) is 0 Å². The highest BCUT2D eigenvalue weighted by Gasteiger charge is 2.18. The molecule has 5 nitrogen and oxygen atoms in total. The molecule has 2 fully saturated rings. The molecule has 5 heteroatoms. The Labute approximate surface area is 106 Å². The molecule has 0 aliphatic carbocycles. The Balaban J connectivity index is -0.000000215. The standard InChI is InChI=1S/C5H9NO2.C5H9NO.2CH4/c1-8-5-3-2-4(7)6-5;1-4-2-3-5(7)6-4;;/h5H,2-3H2,1H3,(H,6,7);4H,2-3H2,1H3,(H,6,7);2*1H4/p+1. The third-order valence-electron chi connectivity index (χ3n) is 2.45. The molecule has 0 saturated carbocycles. The van der Waals surface area contributed by atoms with Crippen LogP contribution in [-0.2, 0) is 14.3 Å². The van der Waals surface area contributed by atoms with E-state index < -0.39 is 0 Å². The molecule has 2 atom stereocenters. The van der Waals surface area contributed by atoms with Crippen molar-refractivity contribution in [2.75, 3.05) is 7.11 Å². The number of nitrogens with one attached hydrogen (secondary N) is 2. The molecule has 2 saturated heterocycles. The van der Waals surface area contributed by atoms with Crippen LogP contribution in [0.25, 0.3) is 0 Å². The molecule has 0 radical (unpaired) electrons. The summed E-state index contributed by atoms with van der Waals surface area (Å²) < 4.78 is 4.85. The van der Waals surface area contributed by atoms with Crippen LogP contribution in [0.4, 0.5) is 0 Å². The van der Waals surface area contributed by atoms with Crippen molar-refractivity contribution in [2.45, 2.75) is 59.7 Å². The van der Waals surface area contributed by atoms with E-state index in [2.05, 4.69) is 10.6 Å². The van der Waals surface area contributed by atoms with Gasteiger partial charge in [-0.15, -0.1) is 0 Å². The summed E-state index contributed by atoms with van der Waals surface area (Å²) in [6.07, 6.45) is 3.14. The lowest BCUT2D eigenvalue weighted by atomic mass is 10.3. The first-order valence-corrected chi connectivity index (χ1v) is 5.23. The van der Waals surface area contributed by atoms with E-state index in [-0.39, 0.29) is 34.3 Å². The first-order chi connectivity index (χ1) is 7.11. The fourth-order valence-electron chi connectivity index (χ4n) is 1.53. The second-order valence-corrected chi connectivity index (χ2v) is 3.84. The maximum Gasteiger partial charge on any atom is 1.00 e. The molecule has 0 aromatic heterocycles. The Bertz CT molecular complexity index is 249. The van der Waals surface area contributed by atoms with Crippen LogP contribution in [-0.4, -0.2) is 31.2 Å². The van der Waals surface area contributed by atoms with Crippen molar-refractivity contribution in [1.29, 1.82) is 0 Å². The maximum absolute atomic E-state index is 10.4. The van der Waals surface area contributed by atoms with Gasteiger partial charge in [0.05, 0.1) is 0 Å². The van der Waals surface area contributed by atoms with E-state index in [0.29, 0.717) is 12.5 Å². The first kappa shape index (κ1) is 18.3. The van der Waals surface area contributed by atoms with E-state index in [1.807, 2.05) is 6.92 Å². The van der Waals surface area contributed by atoms with Gasteiger partial charge in [-0.05, 0) is 13.3 Å². The van der Waals surface area contributed by atoms with E-state index in [1.54, 1.807) is 7.11 Å². The summed E-state index contributed by atoms with van der Waals surface area (Å²) in [6, 6.07) is 0.424. The van der Waals surface area contributed by atoms with Crippen molar-refractivity contribution in [1.82, 2.24) is 10.6 Å². The molecule has 2 rings (SSSR count). The summed E-state index contributed by atoms with van der Waals surface area (Å²) in [5, 5.41) is 5.42. The summed E-state index contributed by atoms with van der Waals surface area (Å²) in [5.74, 6) is 0.296. The minimum atomic E-state index is -0.0255. The minimum Gasteiger partial charge on any atom is -0.362 e. The summed E-state index contributed by atoms with van der Waals surface area (Å²) in [7, 11) is 1.59. The number of hydrogen-bond acceptors (Lipinski definition) is 3. The zero-order valence-corrected chi connectivity index (χ0v) is 9.21. The Morgan fingerprint density at radius 2 is 1.65 bits per heavy atom. The second kappa shape index (κ2) is 8.98. The average Bonchev–Trinajstić information content (AvgIpc) is 2.76. The minimum absolute atomic E-state index is 0. The smallest absolute Gasteiger partial charge is 0.362 e. The molecule has 0 aromatic carbocycles. The zero-order valence-electron chi connectivity index (χ0n) is 10.2. The van der Waals surface area contributed by atoms with Crippen molar-refractivity contribution >= 4 is 11.8 Å². The molecule has 2 N–H and O–H groups in total. The van der Waals surface area contributed by atoms with Crippen molar-refractivity contribution in [2.24, 2.45) is 0 Å². The topological polar surface area (TPSA) is 67.4 Å². The second-order valence-electron chi connectivity index (χ2n) is 3.84. The molecule has 0 bridgehead atoms. The van der Waals surface area contributed by atoms with Gasteiger partial charge in [-0.25, -0.2) is 0 Å². The van der Waals surface area contributed by atoms with E-state index in [9.17, 15) is 9.59 Å². The molecule has 0 aromatic rings. The number of ether oxygens (including phenoxy) is 1. The van der Waals surface area contributed by atoms with Crippen LogP contribution < -0.4 is 10.6 Å². The normalized spacial score (nSPS) is 25.8.